The summed E-state index contributed by atoms with van der Waals surface area (Å²) in [4.78, 5) is 14.6. The highest BCUT2D eigenvalue weighted by Crippen LogP contribution is 2.33. The molecule has 2 N–H and O–H groups in total. The lowest BCUT2D eigenvalue weighted by Gasteiger charge is -2.19. The SMILES string of the molecule is COc1ccc(Br)c(C(=O)N2CCc3ccc(N)cc32)c1. The zero-order valence-corrected chi connectivity index (χ0v) is 13.2. The van der Waals surface area contributed by atoms with E-state index in [0.29, 0.717) is 23.5 Å². The lowest BCUT2D eigenvalue weighted by molar-refractivity contribution is 0.0988. The highest BCUT2D eigenvalue weighted by atomic mass is 79.9. The van der Waals surface area contributed by atoms with Crippen LogP contribution in [-0.4, -0.2) is 19.6 Å². The van der Waals surface area contributed by atoms with Crippen molar-refractivity contribution in [2.24, 2.45) is 0 Å². The number of halogens is 1. The maximum absolute atomic E-state index is 12.8. The Morgan fingerprint density at radius 3 is 2.86 bits per heavy atom. The van der Waals surface area contributed by atoms with E-state index < -0.39 is 0 Å². The van der Waals surface area contributed by atoms with Crippen LogP contribution in [0.4, 0.5) is 11.4 Å². The Labute approximate surface area is 131 Å². The molecule has 0 saturated heterocycles. The van der Waals surface area contributed by atoms with Gasteiger partial charge in [0.05, 0.1) is 12.7 Å². The highest BCUT2D eigenvalue weighted by Gasteiger charge is 2.27. The van der Waals surface area contributed by atoms with Crippen molar-refractivity contribution in [3.8, 4) is 5.75 Å². The van der Waals surface area contributed by atoms with E-state index in [1.807, 2.05) is 30.3 Å². The smallest absolute Gasteiger partial charge is 0.259 e. The molecule has 1 aliphatic rings. The van der Waals surface area contributed by atoms with Crippen molar-refractivity contribution in [2.45, 2.75) is 6.42 Å². The van der Waals surface area contributed by atoms with Gasteiger partial charge in [-0.25, -0.2) is 0 Å². The van der Waals surface area contributed by atoms with Gasteiger partial charge in [-0.3, -0.25) is 4.79 Å². The van der Waals surface area contributed by atoms with Crippen LogP contribution in [0.25, 0.3) is 0 Å². The van der Waals surface area contributed by atoms with Crippen molar-refractivity contribution in [2.75, 3.05) is 24.3 Å². The van der Waals surface area contributed by atoms with E-state index in [0.717, 1.165) is 22.1 Å². The van der Waals surface area contributed by atoms with Gasteiger partial charge in [0.2, 0.25) is 0 Å². The van der Waals surface area contributed by atoms with Gasteiger partial charge in [-0.15, -0.1) is 0 Å². The number of benzene rings is 2. The Morgan fingerprint density at radius 2 is 2.10 bits per heavy atom. The molecule has 0 bridgehead atoms. The van der Waals surface area contributed by atoms with Crippen molar-refractivity contribution in [1.29, 1.82) is 0 Å². The average molecular weight is 347 g/mol. The summed E-state index contributed by atoms with van der Waals surface area (Å²) in [5.41, 5.74) is 9.14. The molecule has 21 heavy (non-hydrogen) atoms. The first kappa shape index (κ1) is 13.9. The predicted octanol–water partition coefficient (Wildman–Crippen LogP) is 3.24. The van der Waals surface area contributed by atoms with Crippen molar-refractivity contribution < 1.29 is 9.53 Å². The van der Waals surface area contributed by atoms with Crippen LogP contribution in [0.15, 0.2) is 40.9 Å². The topological polar surface area (TPSA) is 55.6 Å². The largest absolute Gasteiger partial charge is 0.497 e. The Kier molecular flexibility index (Phi) is 3.59. The van der Waals surface area contributed by atoms with Gasteiger partial charge >= 0.3 is 0 Å². The standard InChI is InChI=1S/C16H15BrN2O2/c1-21-12-4-5-14(17)13(9-12)16(20)19-7-6-10-2-3-11(18)8-15(10)19/h2-5,8-9H,6-7,18H2,1H3. The van der Waals surface area contributed by atoms with Crippen LogP contribution in [0.3, 0.4) is 0 Å². The van der Waals surface area contributed by atoms with Crippen LogP contribution in [-0.2, 0) is 6.42 Å². The van der Waals surface area contributed by atoms with Crippen molar-refractivity contribution in [3.05, 3.63) is 52.0 Å². The molecule has 0 spiro atoms. The van der Waals surface area contributed by atoms with Gasteiger partial charge in [0, 0.05) is 22.4 Å². The van der Waals surface area contributed by atoms with E-state index in [1.54, 1.807) is 18.1 Å². The van der Waals surface area contributed by atoms with Gasteiger partial charge in [0.15, 0.2) is 0 Å². The van der Waals surface area contributed by atoms with Gasteiger partial charge in [0.1, 0.15) is 5.75 Å². The van der Waals surface area contributed by atoms with Crippen LogP contribution in [0.5, 0.6) is 5.75 Å². The van der Waals surface area contributed by atoms with Gasteiger partial charge < -0.3 is 15.4 Å². The van der Waals surface area contributed by atoms with Crippen LogP contribution >= 0.6 is 15.9 Å². The number of nitrogen functional groups attached to an aromatic ring is 1. The normalized spacial score (nSPS) is 13.1. The maximum Gasteiger partial charge on any atom is 0.259 e. The van der Waals surface area contributed by atoms with Crippen molar-refractivity contribution >= 4 is 33.2 Å². The number of carbonyl (C=O) groups excluding carboxylic acids is 1. The fraction of sp³-hybridized carbons (Fsp3) is 0.188. The Bertz CT molecular complexity index is 715. The van der Waals surface area contributed by atoms with E-state index >= 15 is 0 Å². The molecule has 1 aliphatic heterocycles. The molecular weight excluding hydrogens is 332 g/mol. The number of hydrogen-bond donors (Lipinski definition) is 1. The molecule has 0 aromatic heterocycles. The minimum Gasteiger partial charge on any atom is -0.497 e. The van der Waals surface area contributed by atoms with Gasteiger partial charge in [0.25, 0.3) is 5.91 Å². The number of carbonyl (C=O) groups is 1. The number of amides is 1. The van der Waals surface area contributed by atoms with E-state index in [1.165, 1.54) is 0 Å². The Balaban J connectivity index is 2.00. The third-order valence-electron chi connectivity index (χ3n) is 3.65. The second-order valence-corrected chi connectivity index (χ2v) is 5.80. The maximum atomic E-state index is 12.8. The van der Waals surface area contributed by atoms with E-state index in [9.17, 15) is 4.79 Å². The minimum atomic E-state index is -0.0508. The van der Waals surface area contributed by atoms with E-state index in [-0.39, 0.29) is 5.91 Å². The summed E-state index contributed by atoms with van der Waals surface area (Å²) in [6.07, 6.45) is 0.850. The van der Waals surface area contributed by atoms with Gasteiger partial charge in [-0.05, 0) is 58.2 Å². The molecule has 2 aromatic rings. The van der Waals surface area contributed by atoms with Crippen molar-refractivity contribution in [3.63, 3.8) is 0 Å². The molecule has 4 nitrogen and oxygen atoms in total. The number of anilines is 2. The highest BCUT2D eigenvalue weighted by molar-refractivity contribution is 9.10. The molecule has 0 fully saturated rings. The molecule has 1 heterocycles. The van der Waals surface area contributed by atoms with Crippen LogP contribution < -0.4 is 15.4 Å². The summed E-state index contributed by atoms with van der Waals surface area (Å²) >= 11 is 3.43. The summed E-state index contributed by atoms with van der Waals surface area (Å²) in [7, 11) is 1.59. The summed E-state index contributed by atoms with van der Waals surface area (Å²) < 4.78 is 5.95. The van der Waals surface area contributed by atoms with Crippen LogP contribution in [0.2, 0.25) is 0 Å². The lowest BCUT2D eigenvalue weighted by Crippen LogP contribution is -2.29. The molecule has 1 amide bonds. The van der Waals surface area contributed by atoms with Gasteiger partial charge in [-0.1, -0.05) is 6.07 Å². The molecule has 0 aliphatic carbocycles. The first-order valence-electron chi connectivity index (χ1n) is 6.64. The third-order valence-corrected chi connectivity index (χ3v) is 4.35. The fourth-order valence-electron chi connectivity index (χ4n) is 2.55. The van der Waals surface area contributed by atoms with Crippen LogP contribution in [0.1, 0.15) is 15.9 Å². The molecular formula is C16H15BrN2O2. The molecule has 0 unspecified atom stereocenters. The molecule has 0 saturated carbocycles. The lowest BCUT2D eigenvalue weighted by atomic mass is 10.1. The number of hydrogen-bond acceptors (Lipinski definition) is 3. The molecule has 5 heteroatoms. The van der Waals surface area contributed by atoms with Crippen LogP contribution in [0, 0.1) is 0 Å². The summed E-state index contributed by atoms with van der Waals surface area (Å²) in [5.74, 6) is 0.610. The zero-order valence-electron chi connectivity index (χ0n) is 11.6. The summed E-state index contributed by atoms with van der Waals surface area (Å²) in [5, 5.41) is 0. The fourth-order valence-corrected chi connectivity index (χ4v) is 2.96. The minimum absolute atomic E-state index is 0.0508. The molecule has 108 valence electrons. The summed E-state index contributed by atoms with van der Waals surface area (Å²) in [6, 6.07) is 11.1. The van der Waals surface area contributed by atoms with Gasteiger partial charge in [-0.2, -0.15) is 0 Å². The zero-order chi connectivity index (χ0) is 15.0. The Hall–Kier alpha value is -2.01. The molecule has 2 aromatic carbocycles. The molecule has 3 rings (SSSR count). The summed E-state index contributed by atoms with van der Waals surface area (Å²) in [6.45, 7) is 0.668. The number of fused-ring (bicyclic) bond motifs is 1. The number of nitrogens with zero attached hydrogens (tertiary/aromatic N) is 1. The quantitative estimate of drug-likeness (QED) is 0.849. The van der Waals surface area contributed by atoms with Crippen molar-refractivity contribution in [1.82, 2.24) is 0 Å². The predicted molar refractivity (Wildman–Crippen MR) is 86.9 cm³/mol. The number of rotatable bonds is 2. The molecule has 0 radical (unpaired) electrons. The average Bonchev–Trinajstić information content (AvgIpc) is 2.90. The Morgan fingerprint density at radius 1 is 1.29 bits per heavy atom. The van der Waals surface area contributed by atoms with E-state index in [4.69, 9.17) is 10.5 Å². The monoisotopic (exact) mass is 346 g/mol. The number of ether oxygens (including phenoxy) is 1. The second-order valence-electron chi connectivity index (χ2n) is 4.94. The third kappa shape index (κ3) is 2.49. The first-order chi connectivity index (χ1) is 10.1. The number of nitrogens with two attached hydrogens (primary N) is 1. The number of methoxy groups -OCH3 is 1. The second kappa shape index (κ2) is 5.41. The van der Waals surface area contributed by atoms with E-state index in [2.05, 4.69) is 15.9 Å². The first-order valence-corrected chi connectivity index (χ1v) is 7.43. The molecule has 0 atom stereocenters.